The highest BCUT2D eigenvalue weighted by molar-refractivity contribution is 5.59. The third-order valence-electron chi connectivity index (χ3n) is 4.36. The van der Waals surface area contributed by atoms with E-state index >= 15 is 0 Å². The molecule has 90 valence electrons. The topological polar surface area (TPSA) is 35.5 Å². The second kappa shape index (κ2) is 4.11. The Morgan fingerprint density at radius 3 is 2.88 bits per heavy atom. The molecule has 3 heteroatoms. The van der Waals surface area contributed by atoms with E-state index in [2.05, 4.69) is 24.7 Å². The summed E-state index contributed by atoms with van der Waals surface area (Å²) in [5.74, 6) is 1.57. The first-order chi connectivity index (χ1) is 7.55. The van der Waals surface area contributed by atoms with Crippen molar-refractivity contribution < 1.29 is 14.3 Å². The first-order valence-corrected chi connectivity index (χ1v) is 5.95. The Hall–Kier alpha value is -0.990. The maximum Gasteiger partial charge on any atom is 0.507 e. The van der Waals surface area contributed by atoms with Crippen LogP contribution in [0.4, 0.5) is 4.79 Å². The predicted molar refractivity (Wildman–Crippen MR) is 61.1 cm³/mol. The molecule has 0 radical (unpaired) electrons. The van der Waals surface area contributed by atoms with Gasteiger partial charge in [-0.15, -0.1) is 0 Å². The standard InChI is InChI=1S/C13H20O3/c1-13(2)10-5-4-9(11(13)8-10)6-7-16-12(14)15-3/h4,10-11H,5-8H2,1-3H3. The maximum absolute atomic E-state index is 10.8. The van der Waals surface area contributed by atoms with Crippen LogP contribution in [0.25, 0.3) is 0 Å². The fourth-order valence-corrected chi connectivity index (χ4v) is 3.07. The van der Waals surface area contributed by atoms with Crippen LogP contribution < -0.4 is 0 Å². The third kappa shape index (κ3) is 1.83. The van der Waals surface area contributed by atoms with E-state index in [4.69, 9.17) is 4.74 Å². The molecule has 16 heavy (non-hydrogen) atoms. The molecule has 0 heterocycles. The molecule has 0 spiro atoms. The number of methoxy groups -OCH3 is 1. The van der Waals surface area contributed by atoms with E-state index in [1.165, 1.54) is 25.5 Å². The van der Waals surface area contributed by atoms with Crippen molar-refractivity contribution in [3.05, 3.63) is 11.6 Å². The van der Waals surface area contributed by atoms with Crippen LogP contribution in [-0.2, 0) is 9.47 Å². The van der Waals surface area contributed by atoms with Crippen LogP contribution >= 0.6 is 0 Å². The predicted octanol–water partition coefficient (Wildman–Crippen LogP) is 3.15. The summed E-state index contributed by atoms with van der Waals surface area (Å²) in [7, 11) is 1.34. The Balaban J connectivity index is 1.83. The van der Waals surface area contributed by atoms with Crippen LogP contribution in [0.2, 0.25) is 0 Å². The number of ether oxygens (including phenoxy) is 2. The largest absolute Gasteiger partial charge is 0.507 e. The van der Waals surface area contributed by atoms with Crippen molar-refractivity contribution in [2.45, 2.75) is 33.1 Å². The first kappa shape index (κ1) is 11.5. The van der Waals surface area contributed by atoms with Crippen LogP contribution in [0.15, 0.2) is 11.6 Å². The smallest absolute Gasteiger partial charge is 0.438 e. The molecule has 3 rings (SSSR count). The molecule has 1 fully saturated rings. The van der Waals surface area contributed by atoms with E-state index in [1.807, 2.05) is 0 Å². The van der Waals surface area contributed by atoms with Crippen LogP contribution in [0, 0.1) is 17.3 Å². The van der Waals surface area contributed by atoms with Crippen molar-refractivity contribution in [3.63, 3.8) is 0 Å². The number of allylic oxidation sites excluding steroid dienone is 1. The van der Waals surface area contributed by atoms with Gasteiger partial charge in [-0.05, 0) is 30.1 Å². The lowest BCUT2D eigenvalue weighted by molar-refractivity contribution is -0.0105. The Kier molecular flexibility index (Phi) is 2.96. The minimum atomic E-state index is -0.581. The van der Waals surface area contributed by atoms with E-state index in [0.29, 0.717) is 17.9 Å². The lowest BCUT2D eigenvalue weighted by Crippen LogP contribution is -2.48. The number of carbonyl (C=O) groups excluding carboxylic acids is 1. The molecule has 0 N–H and O–H groups in total. The number of carbonyl (C=O) groups is 1. The molecular formula is C13H20O3. The highest BCUT2D eigenvalue weighted by Gasteiger charge is 2.50. The van der Waals surface area contributed by atoms with Crippen molar-refractivity contribution in [2.24, 2.45) is 17.3 Å². The summed E-state index contributed by atoms with van der Waals surface area (Å²) in [5.41, 5.74) is 1.92. The monoisotopic (exact) mass is 224 g/mol. The second-order valence-corrected chi connectivity index (χ2v) is 5.37. The molecule has 0 amide bonds. The van der Waals surface area contributed by atoms with Gasteiger partial charge < -0.3 is 9.47 Å². The van der Waals surface area contributed by atoms with Gasteiger partial charge in [0, 0.05) is 6.42 Å². The SMILES string of the molecule is COC(=O)OCCC1=CCC2CC1C2(C)C. The van der Waals surface area contributed by atoms with E-state index in [9.17, 15) is 4.79 Å². The second-order valence-electron chi connectivity index (χ2n) is 5.37. The summed E-state index contributed by atoms with van der Waals surface area (Å²) in [6, 6.07) is 0. The van der Waals surface area contributed by atoms with Gasteiger partial charge >= 0.3 is 6.16 Å². The van der Waals surface area contributed by atoms with Crippen molar-refractivity contribution in [1.82, 2.24) is 0 Å². The van der Waals surface area contributed by atoms with Gasteiger partial charge in [0.2, 0.25) is 0 Å². The fourth-order valence-electron chi connectivity index (χ4n) is 3.07. The summed E-state index contributed by atoms with van der Waals surface area (Å²) >= 11 is 0. The summed E-state index contributed by atoms with van der Waals surface area (Å²) < 4.78 is 9.36. The Bertz CT molecular complexity index is 317. The minimum Gasteiger partial charge on any atom is -0.438 e. The zero-order valence-corrected chi connectivity index (χ0v) is 10.3. The Morgan fingerprint density at radius 1 is 1.56 bits per heavy atom. The quantitative estimate of drug-likeness (QED) is 0.545. The summed E-state index contributed by atoms with van der Waals surface area (Å²) in [5, 5.41) is 0. The van der Waals surface area contributed by atoms with Crippen LogP contribution in [0.1, 0.15) is 33.1 Å². The van der Waals surface area contributed by atoms with Crippen LogP contribution in [0.5, 0.6) is 0 Å². The van der Waals surface area contributed by atoms with E-state index in [0.717, 1.165) is 12.3 Å². The van der Waals surface area contributed by atoms with Gasteiger partial charge in [0.15, 0.2) is 0 Å². The van der Waals surface area contributed by atoms with Crippen molar-refractivity contribution in [2.75, 3.05) is 13.7 Å². The zero-order chi connectivity index (χ0) is 11.8. The molecule has 0 aromatic heterocycles. The van der Waals surface area contributed by atoms with E-state index < -0.39 is 6.16 Å². The van der Waals surface area contributed by atoms with Gasteiger partial charge in [-0.1, -0.05) is 25.5 Å². The lowest BCUT2D eigenvalue weighted by atomic mass is 9.48. The molecule has 0 aromatic carbocycles. The summed E-state index contributed by atoms with van der Waals surface area (Å²) in [6.45, 7) is 5.13. The van der Waals surface area contributed by atoms with Gasteiger partial charge in [0.1, 0.15) is 0 Å². The summed E-state index contributed by atoms with van der Waals surface area (Å²) in [6.07, 6.45) is 5.12. The van der Waals surface area contributed by atoms with E-state index in [-0.39, 0.29) is 0 Å². The summed E-state index contributed by atoms with van der Waals surface area (Å²) in [4.78, 5) is 10.8. The molecular weight excluding hydrogens is 204 g/mol. The molecule has 1 saturated carbocycles. The molecule has 3 aliphatic carbocycles. The first-order valence-electron chi connectivity index (χ1n) is 5.95. The molecule has 3 nitrogen and oxygen atoms in total. The van der Waals surface area contributed by atoms with Crippen molar-refractivity contribution in [3.8, 4) is 0 Å². The molecule has 0 aliphatic heterocycles. The van der Waals surface area contributed by atoms with Gasteiger partial charge in [-0.25, -0.2) is 4.79 Å². The number of hydrogen-bond acceptors (Lipinski definition) is 3. The fraction of sp³-hybridized carbons (Fsp3) is 0.769. The van der Waals surface area contributed by atoms with Crippen LogP contribution in [0.3, 0.4) is 0 Å². The van der Waals surface area contributed by atoms with Crippen molar-refractivity contribution in [1.29, 1.82) is 0 Å². The molecule has 0 saturated heterocycles. The maximum atomic E-state index is 10.8. The average molecular weight is 224 g/mol. The number of rotatable bonds is 3. The Morgan fingerprint density at radius 2 is 2.31 bits per heavy atom. The molecule has 3 aliphatic rings. The minimum absolute atomic E-state index is 0.440. The third-order valence-corrected chi connectivity index (χ3v) is 4.36. The zero-order valence-electron chi connectivity index (χ0n) is 10.3. The molecule has 2 atom stereocenters. The normalized spacial score (nSPS) is 30.1. The van der Waals surface area contributed by atoms with Gasteiger partial charge in [-0.3, -0.25) is 0 Å². The van der Waals surface area contributed by atoms with Gasteiger partial charge in [0.05, 0.1) is 13.7 Å². The van der Waals surface area contributed by atoms with Crippen molar-refractivity contribution >= 4 is 6.16 Å². The Labute approximate surface area is 96.8 Å². The van der Waals surface area contributed by atoms with Gasteiger partial charge in [-0.2, -0.15) is 0 Å². The number of fused-ring (bicyclic) bond motifs is 1. The number of hydrogen-bond donors (Lipinski definition) is 0. The van der Waals surface area contributed by atoms with Gasteiger partial charge in [0.25, 0.3) is 0 Å². The highest BCUT2D eigenvalue weighted by Crippen LogP contribution is 2.59. The lowest BCUT2D eigenvalue weighted by Gasteiger charge is -2.56. The van der Waals surface area contributed by atoms with Crippen LogP contribution in [-0.4, -0.2) is 19.9 Å². The highest BCUT2D eigenvalue weighted by atomic mass is 16.7. The molecule has 0 aromatic rings. The molecule has 2 bridgehead atoms. The average Bonchev–Trinajstić information content (AvgIpc) is 2.28. The van der Waals surface area contributed by atoms with E-state index in [1.54, 1.807) is 0 Å². The molecule has 2 unspecified atom stereocenters.